The maximum Gasteiger partial charge on any atom is 0.282 e. The number of hydrogen-bond acceptors (Lipinski definition) is 6. The third kappa shape index (κ3) is 4.77. The molecule has 2 saturated heterocycles. The molecule has 33 heavy (non-hydrogen) atoms. The van der Waals surface area contributed by atoms with Crippen LogP contribution in [0, 0.1) is 0 Å². The van der Waals surface area contributed by atoms with Crippen molar-refractivity contribution in [3.8, 4) is 0 Å². The molecule has 2 amide bonds. The highest BCUT2D eigenvalue weighted by molar-refractivity contribution is 7.11. The van der Waals surface area contributed by atoms with Gasteiger partial charge in [-0.25, -0.2) is 4.98 Å². The standard InChI is InChI=1S/C25H27N5O2S/c31-24(21-8-4-5-9-22(21)27-16-19-6-2-1-3-7-19)30-17-20(18-30)28-11-13-29(14-12-28)25(32)23-26-10-15-33-23/h1-10,15,20,27H,11-14,16-18H2. The first kappa shape index (κ1) is 21.6. The van der Waals surface area contributed by atoms with Gasteiger partial charge in [0, 0.05) is 69.1 Å². The number of piperazine rings is 1. The van der Waals surface area contributed by atoms with Gasteiger partial charge in [0.05, 0.1) is 5.56 Å². The number of anilines is 1. The number of hydrogen-bond donors (Lipinski definition) is 1. The van der Waals surface area contributed by atoms with Crippen LogP contribution in [0.4, 0.5) is 5.69 Å². The van der Waals surface area contributed by atoms with E-state index in [1.807, 2.05) is 57.6 Å². The molecule has 0 radical (unpaired) electrons. The van der Waals surface area contributed by atoms with Gasteiger partial charge in [0.1, 0.15) is 0 Å². The molecule has 3 aromatic rings. The van der Waals surface area contributed by atoms with Crippen molar-refractivity contribution in [2.24, 2.45) is 0 Å². The van der Waals surface area contributed by atoms with Gasteiger partial charge >= 0.3 is 0 Å². The number of amides is 2. The number of rotatable bonds is 6. The van der Waals surface area contributed by atoms with Crippen LogP contribution in [0.15, 0.2) is 66.2 Å². The van der Waals surface area contributed by atoms with Crippen LogP contribution < -0.4 is 5.32 Å². The van der Waals surface area contributed by atoms with E-state index in [1.54, 1.807) is 6.20 Å². The lowest BCUT2D eigenvalue weighted by molar-refractivity contribution is 0.00858. The predicted octanol–water partition coefficient (Wildman–Crippen LogP) is 3.04. The van der Waals surface area contributed by atoms with Crippen molar-refractivity contribution < 1.29 is 9.59 Å². The Kier molecular flexibility index (Phi) is 6.37. The number of aromatic nitrogens is 1. The van der Waals surface area contributed by atoms with Gasteiger partial charge in [0.15, 0.2) is 5.01 Å². The maximum absolute atomic E-state index is 13.2. The Morgan fingerprint density at radius 1 is 0.909 bits per heavy atom. The Labute approximate surface area is 197 Å². The van der Waals surface area contributed by atoms with E-state index in [4.69, 9.17) is 0 Å². The third-order valence-corrected chi connectivity index (χ3v) is 7.13. The van der Waals surface area contributed by atoms with E-state index in [2.05, 4.69) is 27.3 Å². The van der Waals surface area contributed by atoms with Gasteiger partial charge in [-0.1, -0.05) is 42.5 Å². The smallest absolute Gasteiger partial charge is 0.282 e. The Bertz CT molecular complexity index is 1090. The van der Waals surface area contributed by atoms with Crippen LogP contribution in [0.1, 0.15) is 25.7 Å². The van der Waals surface area contributed by atoms with E-state index in [9.17, 15) is 9.59 Å². The summed E-state index contributed by atoms with van der Waals surface area (Å²) in [7, 11) is 0. The number of likely N-dealkylation sites (tertiary alicyclic amines) is 1. The van der Waals surface area contributed by atoms with E-state index in [1.165, 1.54) is 16.9 Å². The van der Waals surface area contributed by atoms with Crippen LogP contribution >= 0.6 is 11.3 Å². The number of nitrogens with one attached hydrogen (secondary N) is 1. The van der Waals surface area contributed by atoms with Gasteiger partial charge < -0.3 is 15.1 Å². The molecular weight excluding hydrogens is 434 g/mol. The summed E-state index contributed by atoms with van der Waals surface area (Å²) in [4.78, 5) is 36.0. The molecule has 5 rings (SSSR count). The highest BCUT2D eigenvalue weighted by atomic mass is 32.1. The minimum Gasteiger partial charge on any atom is -0.380 e. The summed E-state index contributed by atoms with van der Waals surface area (Å²) in [5.74, 6) is 0.0923. The second-order valence-electron chi connectivity index (χ2n) is 8.41. The summed E-state index contributed by atoms with van der Waals surface area (Å²) >= 11 is 1.39. The van der Waals surface area contributed by atoms with Crippen molar-refractivity contribution in [3.63, 3.8) is 0 Å². The molecule has 0 saturated carbocycles. The Hall–Kier alpha value is -3.23. The normalized spacial score (nSPS) is 17.0. The molecular formula is C25H27N5O2S. The lowest BCUT2D eigenvalue weighted by Gasteiger charge is -2.48. The number of thiazole rings is 1. The van der Waals surface area contributed by atoms with Crippen molar-refractivity contribution in [2.45, 2.75) is 12.6 Å². The third-order valence-electron chi connectivity index (χ3n) is 6.37. The molecule has 2 aromatic carbocycles. The van der Waals surface area contributed by atoms with Crippen LogP contribution in [0.5, 0.6) is 0 Å². The summed E-state index contributed by atoms with van der Waals surface area (Å²) in [5, 5.41) is 5.81. The minimum absolute atomic E-state index is 0.0228. The SMILES string of the molecule is O=C(c1nccs1)N1CCN(C2CN(C(=O)c3ccccc3NCc3ccccc3)C2)CC1. The van der Waals surface area contributed by atoms with Crippen LogP contribution in [-0.4, -0.2) is 76.8 Å². The minimum atomic E-state index is 0.0228. The summed E-state index contributed by atoms with van der Waals surface area (Å²) < 4.78 is 0. The topological polar surface area (TPSA) is 68.8 Å². The maximum atomic E-state index is 13.2. The largest absolute Gasteiger partial charge is 0.380 e. The zero-order chi connectivity index (χ0) is 22.6. The molecule has 1 N–H and O–H groups in total. The van der Waals surface area contributed by atoms with E-state index in [-0.39, 0.29) is 11.8 Å². The van der Waals surface area contributed by atoms with Crippen molar-refractivity contribution in [1.82, 2.24) is 19.7 Å². The van der Waals surface area contributed by atoms with Gasteiger partial charge in [-0.05, 0) is 17.7 Å². The number of benzene rings is 2. The Morgan fingerprint density at radius 2 is 1.64 bits per heavy atom. The van der Waals surface area contributed by atoms with Crippen molar-refractivity contribution >= 4 is 28.8 Å². The van der Waals surface area contributed by atoms with Gasteiger partial charge in [0.2, 0.25) is 0 Å². The average Bonchev–Trinajstić information content (AvgIpc) is 3.38. The molecule has 0 spiro atoms. The second-order valence-corrected chi connectivity index (χ2v) is 9.31. The molecule has 0 aliphatic carbocycles. The Balaban J connectivity index is 1.13. The number of carbonyl (C=O) groups excluding carboxylic acids is 2. The molecule has 1 aromatic heterocycles. The molecule has 2 aliphatic rings. The van der Waals surface area contributed by atoms with E-state index < -0.39 is 0 Å². The highest BCUT2D eigenvalue weighted by Gasteiger charge is 2.37. The lowest BCUT2D eigenvalue weighted by atomic mass is 10.0. The van der Waals surface area contributed by atoms with Crippen LogP contribution in [0.25, 0.3) is 0 Å². The molecule has 2 fully saturated rings. The van der Waals surface area contributed by atoms with Gasteiger partial charge in [-0.15, -0.1) is 11.3 Å². The fourth-order valence-electron chi connectivity index (χ4n) is 4.39. The van der Waals surface area contributed by atoms with Crippen molar-refractivity contribution in [2.75, 3.05) is 44.6 Å². The van der Waals surface area contributed by atoms with Gasteiger partial charge in [-0.3, -0.25) is 14.5 Å². The monoisotopic (exact) mass is 461 g/mol. The zero-order valence-corrected chi connectivity index (χ0v) is 19.2. The molecule has 7 nitrogen and oxygen atoms in total. The van der Waals surface area contributed by atoms with Crippen molar-refractivity contribution in [1.29, 1.82) is 0 Å². The molecule has 0 unspecified atom stereocenters. The Morgan fingerprint density at radius 3 is 2.36 bits per heavy atom. The summed E-state index contributed by atoms with van der Waals surface area (Å²) in [6.45, 7) is 5.21. The van der Waals surface area contributed by atoms with Crippen LogP contribution in [0.3, 0.4) is 0 Å². The van der Waals surface area contributed by atoms with E-state index in [0.29, 0.717) is 36.2 Å². The van der Waals surface area contributed by atoms with Gasteiger partial charge in [0.25, 0.3) is 11.8 Å². The average molecular weight is 462 g/mol. The first-order chi connectivity index (χ1) is 16.2. The second kappa shape index (κ2) is 9.72. The van der Waals surface area contributed by atoms with Crippen LogP contribution in [-0.2, 0) is 6.54 Å². The molecule has 0 bridgehead atoms. The predicted molar refractivity (Wildman–Crippen MR) is 129 cm³/mol. The van der Waals surface area contributed by atoms with Gasteiger partial charge in [-0.2, -0.15) is 0 Å². The summed E-state index contributed by atoms with van der Waals surface area (Å²) in [5.41, 5.74) is 2.76. The molecule has 0 atom stereocenters. The first-order valence-corrected chi connectivity index (χ1v) is 12.2. The lowest BCUT2D eigenvalue weighted by Crippen LogP contribution is -2.64. The molecule has 8 heteroatoms. The highest BCUT2D eigenvalue weighted by Crippen LogP contribution is 2.24. The molecule has 3 heterocycles. The number of para-hydroxylation sites is 1. The molecule has 2 aliphatic heterocycles. The summed E-state index contributed by atoms with van der Waals surface area (Å²) in [6.07, 6.45) is 1.67. The molecule has 170 valence electrons. The fraction of sp³-hybridized carbons (Fsp3) is 0.320. The number of nitrogens with zero attached hydrogens (tertiary/aromatic N) is 4. The zero-order valence-electron chi connectivity index (χ0n) is 18.4. The summed E-state index contributed by atoms with van der Waals surface area (Å²) in [6, 6.07) is 18.3. The van der Waals surface area contributed by atoms with Crippen molar-refractivity contribution in [3.05, 3.63) is 82.3 Å². The quantitative estimate of drug-likeness (QED) is 0.611. The fourth-order valence-corrected chi connectivity index (χ4v) is 5.00. The van der Waals surface area contributed by atoms with E-state index in [0.717, 1.165) is 31.9 Å². The van der Waals surface area contributed by atoms with Crippen LogP contribution in [0.2, 0.25) is 0 Å². The first-order valence-electron chi connectivity index (χ1n) is 11.3. The van der Waals surface area contributed by atoms with E-state index >= 15 is 0 Å². The number of carbonyl (C=O) groups is 2.